The van der Waals surface area contributed by atoms with Crippen molar-refractivity contribution in [3.05, 3.63) is 12.2 Å². The Bertz CT molecular complexity index is 319. The van der Waals surface area contributed by atoms with Crippen molar-refractivity contribution < 1.29 is 19.4 Å². The molecule has 6 heteroatoms. The molecule has 0 aromatic rings. The third-order valence-corrected chi connectivity index (χ3v) is 1.52. The molecular formula is C10H14N2O4. The van der Waals surface area contributed by atoms with E-state index >= 15 is 0 Å². The number of aliphatic carboxylic acids is 1. The maximum absolute atomic E-state index is 11.0. The summed E-state index contributed by atoms with van der Waals surface area (Å²) in [6.07, 6.45) is 6.70. The smallest absolute Gasteiger partial charge is 0.408 e. The van der Waals surface area contributed by atoms with Gasteiger partial charge in [0.1, 0.15) is 6.04 Å². The predicted octanol–water partition coefficient (Wildman–Crippen LogP) is -0.298. The number of nitrogens with two attached hydrogens (primary N) is 1. The van der Waals surface area contributed by atoms with Crippen molar-refractivity contribution in [2.75, 3.05) is 6.61 Å². The minimum absolute atomic E-state index is 0.158. The van der Waals surface area contributed by atoms with Crippen LogP contribution in [-0.2, 0) is 9.53 Å². The molecule has 6 nitrogen and oxygen atoms in total. The molecule has 4 N–H and O–H groups in total. The highest BCUT2D eigenvalue weighted by molar-refractivity contribution is 5.81. The van der Waals surface area contributed by atoms with Crippen LogP contribution in [0.25, 0.3) is 0 Å². The van der Waals surface area contributed by atoms with E-state index in [2.05, 4.69) is 16.0 Å². The molecule has 0 aliphatic carbocycles. The summed E-state index contributed by atoms with van der Waals surface area (Å²) >= 11 is 0. The number of nitrogens with one attached hydrogen (secondary N) is 1. The topological polar surface area (TPSA) is 102 Å². The van der Waals surface area contributed by atoms with Crippen molar-refractivity contribution in [2.45, 2.75) is 19.0 Å². The maximum Gasteiger partial charge on any atom is 0.408 e. The van der Waals surface area contributed by atoms with Gasteiger partial charge in [-0.2, -0.15) is 0 Å². The van der Waals surface area contributed by atoms with Crippen LogP contribution < -0.4 is 11.1 Å². The highest BCUT2D eigenvalue weighted by Gasteiger charge is 2.17. The molecule has 0 bridgehead atoms. The lowest BCUT2D eigenvalue weighted by molar-refractivity contribution is -0.138. The van der Waals surface area contributed by atoms with Crippen LogP contribution in [0.4, 0.5) is 4.79 Å². The first kappa shape index (κ1) is 14.0. The molecule has 16 heavy (non-hydrogen) atoms. The second kappa shape index (κ2) is 7.31. The highest BCUT2D eigenvalue weighted by Crippen LogP contribution is 1.91. The SMILES string of the molecule is C#CC(N)C=CC(NC(=O)OCC)C(=O)O. The number of hydrogen-bond acceptors (Lipinski definition) is 4. The Morgan fingerprint density at radius 1 is 1.62 bits per heavy atom. The molecule has 0 aromatic carbocycles. The molecule has 0 radical (unpaired) electrons. The van der Waals surface area contributed by atoms with Crippen molar-refractivity contribution in [3.8, 4) is 12.3 Å². The van der Waals surface area contributed by atoms with E-state index in [1.807, 2.05) is 0 Å². The minimum Gasteiger partial charge on any atom is -0.479 e. The Morgan fingerprint density at radius 2 is 2.25 bits per heavy atom. The lowest BCUT2D eigenvalue weighted by atomic mass is 10.2. The molecule has 0 aromatic heterocycles. The molecule has 0 aliphatic heterocycles. The van der Waals surface area contributed by atoms with Gasteiger partial charge in [0.25, 0.3) is 0 Å². The van der Waals surface area contributed by atoms with Gasteiger partial charge >= 0.3 is 12.1 Å². The number of ether oxygens (including phenoxy) is 1. The van der Waals surface area contributed by atoms with Gasteiger partial charge in [-0.25, -0.2) is 9.59 Å². The van der Waals surface area contributed by atoms with Crippen molar-refractivity contribution in [1.82, 2.24) is 5.32 Å². The normalized spacial score (nSPS) is 13.8. The summed E-state index contributed by atoms with van der Waals surface area (Å²) < 4.78 is 4.54. The molecule has 2 atom stereocenters. The third-order valence-electron chi connectivity index (χ3n) is 1.52. The molecular weight excluding hydrogens is 212 g/mol. The molecule has 0 heterocycles. The van der Waals surface area contributed by atoms with Gasteiger partial charge < -0.3 is 20.9 Å². The molecule has 0 aliphatic rings. The van der Waals surface area contributed by atoms with E-state index in [0.29, 0.717) is 0 Å². The fourth-order valence-electron chi connectivity index (χ4n) is 0.778. The van der Waals surface area contributed by atoms with Crippen LogP contribution in [0.3, 0.4) is 0 Å². The molecule has 88 valence electrons. The Kier molecular flexibility index (Phi) is 6.40. The Morgan fingerprint density at radius 3 is 2.69 bits per heavy atom. The monoisotopic (exact) mass is 226 g/mol. The second-order valence-electron chi connectivity index (χ2n) is 2.76. The van der Waals surface area contributed by atoms with Crippen LogP contribution in [-0.4, -0.2) is 35.9 Å². The van der Waals surface area contributed by atoms with Crippen molar-refractivity contribution in [1.29, 1.82) is 0 Å². The lowest BCUT2D eigenvalue weighted by Gasteiger charge is -2.10. The number of carbonyl (C=O) groups is 2. The van der Waals surface area contributed by atoms with Gasteiger partial charge in [0.15, 0.2) is 0 Å². The van der Waals surface area contributed by atoms with Crippen LogP contribution in [0.5, 0.6) is 0 Å². The van der Waals surface area contributed by atoms with E-state index in [9.17, 15) is 9.59 Å². The molecule has 2 unspecified atom stereocenters. The number of carboxylic acids is 1. The quantitative estimate of drug-likeness (QED) is 0.441. The van der Waals surface area contributed by atoms with E-state index in [4.69, 9.17) is 17.3 Å². The number of hydrogen-bond donors (Lipinski definition) is 3. The van der Waals surface area contributed by atoms with Gasteiger partial charge in [0.05, 0.1) is 12.6 Å². The zero-order valence-electron chi connectivity index (χ0n) is 8.84. The summed E-state index contributed by atoms with van der Waals surface area (Å²) in [5, 5.41) is 10.9. The molecule has 0 saturated carbocycles. The number of alkyl carbamates (subject to hydrolysis) is 1. The first-order valence-electron chi connectivity index (χ1n) is 4.57. The molecule has 0 spiro atoms. The standard InChI is InChI=1S/C10H14N2O4/c1-3-7(11)5-6-8(9(13)14)12-10(15)16-4-2/h1,5-8H,4,11H2,2H3,(H,12,15)(H,13,14). The molecule has 1 amide bonds. The van der Waals surface area contributed by atoms with Gasteiger partial charge in [0, 0.05) is 0 Å². The van der Waals surface area contributed by atoms with Gasteiger partial charge in [-0.1, -0.05) is 18.1 Å². The summed E-state index contributed by atoms with van der Waals surface area (Å²) in [6.45, 7) is 1.77. The summed E-state index contributed by atoms with van der Waals surface area (Å²) in [4.78, 5) is 21.7. The number of carboxylic acid groups (broad SMARTS) is 1. The predicted molar refractivity (Wildman–Crippen MR) is 57.5 cm³/mol. The van der Waals surface area contributed by atoms with Gasteiger partial charge in [-0.15, -0.1) is 6.42 Å². The van der Waals surface area contributed by atoms with Gasteiger partial charge in [-0.3, -0.25) is 0 Å². The third kappa shape index (κ3) is 5.67. The number of terminal acetylenes is 1. The van der Waals surface area contributed by atoms with E-state index in [-0.39, 0.29) is 6.61 Å². The van der Waals surface area contributed by atoms with Crippen LogP contribution in [0.15, 0.2) is 12.2 Å². The number of rotatable bonds is 5. The van der Waals surface area contributed by atoms with Crippen LogP contribution in [0.1, 0.15) is 6.92 Å². The van der Waals surface area contributed by atoms with Crippen molar-refractivity contribution >= 4 is 12.1 Å². The Hall–Kier alpha value is -2.00. The zero-order valence-corrected chi connectivity index (χ0v) is 8.84. The highest BCUT2D eigenvalue weighted by atomic mass is 16.5. The van der Waals surface area contributed by atoms with E-state index in [1.54, 1.807) is 6.92 Å². The second-order valence-corrected chi connectivity index (χ2v) is 2.76. The van der Waals surface area contributed by atoms with Crippen molar-refractivity contribution in [2.24, 2.45) is 5.73 Å². The average molecular weight is 226 g/mol. The summed E-state index contributed by atoms with van der Waals surface area (Å²) in [7, 11) is 0. The first-order valence-corrected chi connectivity index (χ1v) is 4.57. The largest absolute Gasteiger partial charge is 0.479 e. The Balaban J connectivity index is 4.41. The van der Waals surface area contributed by atoms with Gasteiger partial charge in [-0.05, 0) is 6.92 Å². The van der Waals surface area contributed by atoms with Crippen LogP contribution >= 0.6 is 0 Å². The molecule has 0 saturated heterocycles. The first-order chi connectivity index (χ1) is 7.51. The van der Waals surface area contributed by atoms with E-state index in [1.165, 1.54) is 12.2 Å². The number of carbonyl (C=O) groups excluding carboxylic acids is 1. The summed E-state index contributed by atoms with van der Waals surface area (Å²) in [5.41, 5.74) is 5.35. The minimum atomic E-state index is -1.23. The van der Waals surface area contributed by atoms with Crippen molar-refractivity contribution in [3.63, 3.8) is 0 Å². The fraction of sp³-hybridized carbons (Fsp3) is 0.400. The zero-order chi connectivity index (χ0) is 12.6. The number of amides is 1. The average Bonchev–Trinajstić information content (AvgIpc) is 2.23. The molecule has 0 rings (SSSR count). The van der Waals surface area contributed by atoms with E-state index < -0.39 is 24.1 Å². The van der Waals surface area contributed by atoms with Crippen LogP contribution in [0.2, 0.25) is 0 Å². The van der Waals surface area contributed by atoms with E-state index in [0.717, 1.165) is 0 Å². The maximum atomic E-state index is 11.0. The summed E-state index contributed by atoms with van der Waals surface area (Å²) in [6, 6.07) is -1.90. The van der Waals surface area contributed by atoms with Gasteiger partial charge in [0.2, 0.25) is 0 Å². The lowest BCUT2D eigenvalue weighted by Crippen LogP contribution is -2.40. The Labute approximate surface area is 93.5 Å². The fourth-order valence-corrected chi connectivity index (χ4v) is 0.778. The molecule has 0 fully saturated rings. The summed E-state index contributed by atoms with van der Waals surface area (Å²) in [5.74, 6) is 0.964. The van der Waals surface area contributed by atoms with Crippen LogP contribution in [0, 0.1) is 12.3 Å².